The molecule has 0 saturated carbocycles. The van der Waals surface area contributed by atoms with Crippen molar-refractivity contribution in [3.8, 4) is 10.6 Å². The predicted octanol–water partition coefficient (Wildman–Crippen LogP) is 5.01. The third-order valence-electron chi connectivity index (χ3n) is 3.90. The van der Waals surface area contributed by atoms with Crippen molar-refractivity contribution in [3.05, 3.63) is 70.9 Å². The average Bonchev–Trinajstić information content (AvgIpc) is 3.32. The number of fused-ring (bicyclic) bond motifs is 1. The summed E-state index contributed by atoms with van der Waals surface area (Å²) in [6.07, 6.45) is -4.76. The number of carbonyl (C=O) groups excluding carboxylic acids is 1. The molecule has 0 aliphatic rings. The van der Waals surface area contributed by atoms with E-state index in [0.29, 0.717) is 9.39 Å². The maximum atomic E-state index is 13.7. The molecule has 0 spiro atoms. The highest BCUT2D eigenvalue weighted by molar-refractivity contribution is 7.13. The number of nitrogens with one attached hydrogen (secondary N) is 1. The third-order valence-corrected chi connectivity index (χ3v) is 4.79. The highest BCUT2D eigenvalue weighted by Gasteiger charge is 2.35. The van der Waals surface area contributed by atoms with Crippen LogP contribution in [0.3, 0.4) is 0 Å². The second kappa shape index (κ2) is 6.92. The van der Waals surface area contributed by atoms with Crippen molar-refractivity contribution in [2.45, 2.75) is 6.18 Å². The smallest absolute Gasteiger partial charge is 0.318 e. The predicted molar refractivity (Wildman–Crippen MR) is 95.6 cm³/mol. The number of halogens is 5. The number of benzene rings is 1. The molecule has 0 fully saturated rings. The molecule has 0 unspecified atom stereocenters. The fourth-order valence-corrected chi connectivity index (χ4v) is 3.30. The first-order valence-electron chi connectivity index (χ1n) is 8.00. The Hall–Kier alpha value is -3.34. The van der Waals surface area contributed by atoms with Crippen LogP contribution in [0.1, 0.15) is 16.2 Å². The van der Waals surface area contributed by atoms with Crippen LogP contribution >= 0.6 is 11.3 Å². The molecule has 1 N–H and O–H groups in total. The molecule has 0 radical (unpaired) electrons. The SMILES string of the molecule is O=C(Nc1cc(F)ccc1F)c1cc2nc(-c3cccs3)cc(C(F)(F)F)n2n1. The van der Waals surface area contributed by atoms with Crippen LogP contribution < -0.4 is 5.32 Å². The minimum absolute atomic E-state index is 0.0721. The third kappa shape index (κ3) is 3.68. The Morgan fingerprint density at radius 1 is 1.10 bits per heavy atom. The zero-order chi connectivity index (χ0) is 20.8. The summed E-state index contributed by atoms with van der Waals surface area (Å²) in [6, 6.07) is 7.57. The van der Waals surface area contributed by atoms with Gasteiger partial charge in [0, 0.05) is 12.1 Å². The average molecular weight is 424 g/mol. The van der Waals surface area contributed by atoms with Crippen molar-refractivity contribution in [3.63, 3.8) is 0 Å². The Kier molecular flexibility index (Phi) is 4.53. The van der Waals surface area contributed by atoms with Gasteiger partial charge in [0.2, 0.25) is 0 Å². The highest BCUT2D eigenvalue weighted by atomic mass is 32.1. The highest BCUT2D eigenvalue weighted by Crippen LogP contribution is 2.33. The van der Waals surface area contributed by atoms with Gasteiger partial charge in [0.05, 0.1) is 16.3 Å². The number of aromatic nitrogens is 3. The first-order chi connectivity index (χ1) is 13.7. The summed E-state index contributed by atoms with van der Waals surface area (Å²) in [6.45, 7) is 0. The molecule has 0 bridgehead atoms. The molecule has 5 nitrogen and oxygen atoms in total. The van der Waals surface area contributed by atoms with Crippen LogP contribution in [0.15, 0.2) is 47.8 Å². The quantitative estimate of drug-likeness (QED) is 0.471. The summed E-state index contributed by atoms with van der Waals surface area (Å²) in [7, 11) is 0. The summed E-state index contributed by atoms with van der Waals surface area (Å²) >= 11 is 1.21. The van der Waals surface area contributed by atoms with Crippen LogP contribution in [0.4, 0.5) is 27.6 Å². The molecule has 4 aromatic rings. The van der Waals surface area contributed by atoms with Gasteiger partial charge in [0.15, 0.2) is 17.0 Å². The summed E-state index contributed by atoms with van der Waals surface area (Å²) < 4.78 is 68.0. The van der Waals surface area contributed by atoms with Crippen molar-refractivity contribution >= 4 is 28.6 Å². The molecule has 3 aromatic heterocycles. The maximum absolute atomic E-state index is 13.7. The molecular formula is C18H9F5N4OS. The number of hydrogen-bond donors (Lipinski definition) is 1. The van der Waals surface area contributed by atoms with Crippen molar-refractivity contribution < 1.29 is 26.7 Å². The molecule has 29 heavy (non-hydrogen) atoms. The van der Waals surface area contributed by atoms with E-state index < -0.39 is 40.8 Å². The van der Waals surface area contributed by atoms with Gasteiger partial charge in [-0.2, -0.15) is 18.3 Å². The largest absolute Gasteiger partial charge is 0.433 e. The summed E-state index contributed by atoms with van der Waals surface area (Å²) in [5, 5.41) is 7.44. The minimum atomic E-state index is -4.76. The number of alkyl halides is 3. The Morgan fingerprint density at radius 2 is 1.90 bits per heavy atom. The summed E-state index contributed by atoms with van der Waals surface area (Å²) in [5.74, 6) is -2.71. The normalized spacial score (nSPS) is 11.8. The van der Waals surface area contributed by atoms with E-state index in [1.165, 1.54) is 11.3 Å². The zero-order valence-electron chi connectivity index (χ0n) is 14.2. The van der Waals surface area contributed by atoms with Gasteiger partial charge in [0.25, 0.3) is 5.91 Å². The molecular weight excluding hydrogens is 415 g/mol. The summed E-state index contributed by atoms with van der Waals surface area (Å²) in [5.41, 5.74) is -2.16. The van der Waals surface area contributed by atoms with Gasteiger partial charge in [-0.15, -0.1) is 11.3 Å². The first-order valence-corrected chi connectivity index (χ1v) is 8.88. The molecule has 11 heteroatoms. The van der Waals surface area contributed by atoms with E-state index in [1.54, 1.807) is 17.5 Å². The molecule has 0 atom stereocenters. The van der Waals surface area contributed by atoms with Crippen molar-refractivity contribution in [1.82, 2.24) is 14.6 Å². The van der Waals surface area contributed by atoms with Crippen LogP contribution in [0, 0.1) is 11.6 Å². The van der Waals surface area contributed by atoms with E-state index in [4.69, 9.17) is 0 Å². The maximum Gasteiger partial charge on any atom is 0.433 e. The van der Waals surface area contributed by atoms with Gasteiger partial charge in [-0.1, -0.05) is 6.07 Å². The second-order valence-electron chi connectivity index (χ2n) is 5.88. The van der Waals surface area contributed by atoms with E-state index in [1.807, 2.05) is 0 Å². The van der Waals surface area contributed by atoms with Crippen LogP contribution in [0.5, 0.6) is 0 Å². The second-order valence-corrected chi connectivity index (χ2v) is 6.83. The molecule has 4 rings (SSSR count). The van der Waals surface area contributed by atoms with E-state index in [2.05, 4.69) is 15.4 Å². The zero-order valence-corrected chi connectivity index (χ0v) is 15.0. The van der Waals surface area contributed by atoms with Crippen LogP contribution in [0.25, 0.3) is 16.2 Å². The molecule has 0 aliphatic carbocycles. The lowest BCUT2D eigenvalue weighted by Crippen LogP contribution is -2.16. The van der Waals surface area contributed by atoms with Gasteiger partial charge in [-0.3, -0.25) is 4.79 Å². The standard InChI is InChI=1S/C18H9F5N4OS/c19-9-3-4-10(20)11(6-9)25-17(28)13-8-16-24-12(14-2-1-5-29-14)7-15(18(21,22)23)27(16)26-13/h1-8H,(H,25,28). The lowest BCUT2D eigenvalue weighted by molar-refractivity contribution is -0.142. The Morgan fingerprint density at radius 3 is 2.59 bits per heavy atom. The van der Waals surface area contributed by atoms with Crippen LogP contribution in [0.2, 0.25) is 0 Å². The van der Waals surface area contributed by atoms with Gasteiger partial charge in [-0.25, -0.2) is 18.3 Å². The number of nitrogens with zero attached hydrogens (tertiary/aromatic N) is 3. The number of amides is 1. The molecule has 1 amide bonds. The molecule has 3 heterocycles. The fourth-order valence-electron chi connectivity index (χ4n) is 2.62. The van der Waals surface area contributed by atoms with E-state index in [0.717, 1.165) is 30.3 Å². The van der Waals surface area contributed by atoms with Crippen LogP contribution in [-0.4, -0.2) is 20.5 Å². The summed E-state index contributed by atoms with van der Waals surface area (Å²) in [4.78, 5) is 17.0. The van der Waals surface area contributed by atoms with E-state index in [-0.39, 0.29) is 11.3 Å². The van der Waals surface area contributed by atoms with Crippen molar-refractivity contribution in [2.24, 2.45) is 0 Å². The Bertz CT molecular complexity index is 1220. The van der Waals surface area contributed by atoms with Crippen molar-refractivity contribution in [1.29, 1.82) is 0 Å². The Balaban J connectivity index is 1.78. The first kappa shape index (κ1) is 19.0. The van der Waals surface area contributed by atoms with E-state index >= 15 is 0 Å². The number of anilines is 1. The molecule has 148 valence electrons. The Labute approximate surface area is 163 Å². The van der Waals surface area contributed by atoms with Gasteiger partial charge in [-0.05, 0) is 29.6 Å². The lowest BCUT2D eigenvalue weighted by Gasteiger charge is -2.10. The van der Waals surface area contributed by atoms with Gasteiger partial charge >= 0.3 is 6.18 Å². The van der Waals surface area contributed by atoms with Crippen LogP contribution in [-0.2, 0) is 6.18 Å². The molecule has 1 aromatic carbocycles. The number of thiophene rings is 1. The topological polar surface area (TPSA) is 59.3 Å². The van der Waals surface area contributed by atoms with Crippen molar-refractivity contribution in [2.75, 3.05) is 5.32 Å². The van der Waals surface area contributed by atoms with Gasteiger partial charge in [0.1, 0.15) is 11.6 Å². The monoisotopic (exact) mass is 424 g/mol. The lowest BCUT2D eigenvalue weighted by atomic mass is 10.2. The molecule has 0 aliphatic heterocycles. The minimum Gasteiger partial charge on any atom is -0.318 e. The number of carbonyl (C=O) groups is 1. The molecule has 0 saturated heterocycles. The number of rotatable bonds is 3. The fraction of sp³-hybridized carbons (Fsp3) is 0.0556. The van der Waals surface area contributed by atoms with E-state index in [9.17, 15) is 26.7 Å². The number of hydrogen-bond acceptors (Lipinski definition) is 4. The van der Waals surface area contributed by atoms with Gasteiger partial charge < -0.3 is 5.32 Å².